The van der Waals surface area contributed by atoms with Gasteiger partial charge in [0.15, 0.2) is 0 Å². The highest BCUT2D eigenvalue weighted by Gasteiger charge is 2.51. The number of alkyl halides is 2. The lowest BCUT2D eigenvalue weighted by atomic mass is 9.70. The largest absolute Gasteiger partial charge is 0.380 e. The number of amides is 2. The minimum Gasteiger partial charge on any atom is -0.380 e. The fourth-order valence-corrected chi connectivity index (χ4v) is 6.03. The molecule has 1 aliphatic heterocycles. The Morgan fingerprint density at radius 2 is 1.76 bits per heavy atom. The normalized spacial score (nSPS) is 39.9. The maximum atomic E-state index is 14.5. The van der Waals surface area contributed by atoms with Crippen LogP contribution in [0.5, 0.6) is 0 Å². The van der Waals surface area contributed by atoms with Gasteiger partial charge >= 0.3 is 0 Å². The van der Waals surface area contributed by atoms with Gasteiger partial charge in [0.2, 0.25) is 5.91 Å². The van der Waals surface area contributed by atoms with E-state index >= 15 is 0 Å². The van der Waals surface area contributed by atoms with Crippen molar-refractivity contribution in [2.24, 2.45) is 17.8 Å². The van der Waals surface area contributed by atoms with Crippen LogP contribution in [-0.4, -0.2) is 69.5 Å². The molecule has 4 atom stereocenters. The van der Waals surface area contributed by atoms with Gasteiger partial charge in [-0.15, -0.1) is 11.6 Å². The fraction of sp³-hybridized carbons (Fsp3) is 0.909. The van der Waals surface area contributed by atoms with Crippen molar-refractivity contribution in [3.63, 3.8) is 0 Å². The molecule has 5 nitrogen and oxygen atoms in total. The molecule has 3 aliphatic carbocycles. The minimum absolute atomic E-state index is 0.0210. The third-order valence-corrected chi connectivity index (χ3v) is 8.20. The zero-order valence-corrected chi connectivity index (χ0v) is 18.1. The van der Waals surface area contributed by atoms with Crippen molar-refractivity contribution < 1.29 is 19.1 Å². The average molecular weight is 429 g/mol. The Labute approximate surface area is 177 Å². The molecule has 0 aromatic rings. The summed E-state index contributed by atoms with van der Waals surface area (Å²) < 4.78 is 14.5. The van der Waals surface area contributed by atoms with E-state index in [4.69, 9.17) is 11.6 Å². The first-order valence-corrected chi connectivity index (χ1v) is 11.8. The van der Waals surface area contributed by atoms with Crippen molar-refractivity contribution >= 4 is 23.4 Å². The van der Waals surface area contributed by atoms with E-state index in [9.17, 15) is 19.1 Å². The molecule has 0 spiro atoms. The first-order valence-electron chi connectivity index (χ1n) is 11.4. The van der Waals surface area contributed by atoms with Crippen LogP contribution in [0.4, 0.5) is 4.39 Å². The van der Waals surface area contributed by atoms with Gasteiger partial charge < -0.3 is 14.9 Å². The van der Waals surface area contributed by atoms with Crippen LogP contribution in [0.3, 0.4) is 0 Å². The van der Waals surface area contributed by atoms with E-state index in [1.165, 1.54) is 0 Å². The molecule has 0 bridgehead atoms. The van der Waals surface area contributed by atoms with E-state index in [-0.39, 0.29) is 35.1 Å². The summed E-state index contributed by atoms with van der Waals surface area (Å²) in [4.78, 5) is 29.1. The molecule has 0 aromatic heterocycles. The molecule has 0 radical (unpaired) electrons. The van der Waals surface area contributed by atoms with Crippen LogP contribution < -0.4 is 0 Å². The molecule has 3 saturated carbocycles. The van der Waals surface area contributed by atoms with E-state index < -0.39 is 11.8 Å². The summed E-state index contributed by atoms with van der Waals surface area (Å²) in [6, 6.07) is -0.0702. The molecular formula is C22H34ClFN2O3. The molecule has 29 heavy (non-hydrogen) atoms. The summed E-state index contributed by atoms with van der Waals surface area (Å²) in [7, 11) is 0. The van der Waals surface area contributed by atoms with E-state index in [2.05, 4.69) is 0 Å². The average Bonchev–Trinajstić information content (AvgIpc) is 3.46. The van der Waals surface area contributed by atoms with Gasteiger partial charge in [-0.1, -0.05) is 0 Å². The molecule has 1 heterocycles. The zero-order chi connectivity index (χ0) is 20.8. The lowest BCUT2D eigenvalue weighted by Gasteiger charge is -2.43. The highest BCUT2D eigenvalue weighted by atomic mass is 35.5. The van der Waals surface area contributed by atoms with Crippen molar-refractivity contribution in [1.82, 2.24) is 9.80 Å². The monoisotopic (exact) mass is 428 g/mol. The van der Waals surface area contributed by atoms with Gasteiger partial charge in [0.25, 0.3) is 5.91 Å². The molecule has 0 aromatic carbocycles. The number of piperazine rings is 1. The number of hydrogen-bond donors (Lipinski definition) is 1. The summed E-state index contributed by atoms with van der Waals surface area (Å²) in [5.74, 6) is 0.532. The van der Waals surface area contributed by atoms with Crippen molar-refractivity contribution in [2.45, 2.75) is 87.9 Å². The molecule has 4 aliphatic rings. The number of rotatable bonds is 3. The molecule has 2 amide bonds. The quantitative estimate of drug-likeness (QED) is 0.702. The summed E-state index contributed by atoms with van der Waals surface area (Å²) in [5.41, 5.74) is -1.14. The van der Waals surface area contributed by atoms with Crippen molar-refractivity contribution in [3.05, 3.63) is 0 Å². The van der Waals surface area contributed by atoms with Crippen LogP contribution in [0.1, 0.15) is 64.7 Å². The van der Waals surface area contributed by atoms with Gasteiger partial charge in [0, 0.05) is 37.0 Å². The summed E-state index contributed by atoms with van der Waals surface area (Å²) in [5, 5.41) is 10.1. The standard InChI is InChI=1S/C22H34ClFN2O3/c1-14-13-25(10-11-26(14)21(28)22(29)8-9-22)20(27)16-4-2-15(3-5-16)18-7-6-17(23)12-19(18)24/h14-19,29H,2-13H2,1H3. The van der Waals surface area contributed by atoms with Gasteiger partial charge in [-0.25, -0.2) is 4.39 Å². The van der Waals surface area contributed by atoms with E-state index in [0.717, 1.165) is 38.5 Å². The fourth-order valence-electron chi connectivity index (χ4n) is 5.73. The van der Waals surface area contributed by atoms with Gasteiger partial charge in [-0.05, 0) is 76.5 Å². The Bertz CT molecular complexity index is 636. The third-order valence-electron chi connectivity index (χ3n) is 7.81. The van der Waals surface area contributed by atoms with Crippen LogP contribution in [-0.2, 0) is 9.59 Å². The maximum Gasteiger partial charge on any atom is 0.254 e. The number of nitrogens with zero attached hydrogens (tertiary/aromatic N) is 2. The number of carbonyl (C=O) groups is 2. The summed E-state index contributed by atoms with van der Waals surface area (Å²) >= 11 is 6.11. The third kappa shape index (κ3) is 4.43. The van der Waals surface area contributed by atoms with Crippen molar-refractivity contribution in [3.8, 4) is 0 Å². The number of aliphatic hydroxyl groups is 1. The molecule has 7 heteroatoms. The van der Waals surface area contributed by atoms with Gasteiger partial charge in [0.1, 0.15) is 11.8 Å². The van der Waals surface area contributed by atoms with Gasteiger partial charge in [-0.3, -0.25) is 9.59 Å². The predicted octanol–water partition coefficient (Wildman–Crippen LogP) is 3.12. The van der Waals surface area contributed by atoms with Crippen LogP contribution in [0.25, 0.3) is 0 Å². The Morgan fingerprint density at radius 1 is 1.07 bits per heavy atom. The van der Waals surface area contributed by atoms with Crippen molar-refractivity contribution in [1.29, 1.82) is 0 Å². The lowest BCUT2D eigenvalue weighted by molar-refractivity contribution is -0.152. The second-order valence-electron chi connectivity index (χ2n) is 9.87. The second-order valence-corrected chi connectivity index (χ2v) is 10.5. The number of halogens is 2. The molecule has 4 fully saturated rings. The topological polar surface area (TPSA) is 60.9 Å². The summed E-state index contributed by atoms with van der Waals surface area (Å²) in [6.07, 6.45) is 6.08. The van der Waals surface area contributed by atoms with Crippen LogP contribution in [0.2, 0.25) is 0 Å². The van der Waals surface area contributed by atoms with Crippen LogP contribution in [0, 0.1) is 17.8 Å². The second kappa shape index (κ2) is 8.33. The Balaban J connectivity index is 1.26. The minimum atomic E-state index is -1.14. The van der Waals surface area contributed by atoms with E-state index in [1.54, 1.807) is 4.90 Å². The molecule has 1 saturated heterocycles. The Kier molecular flexibility index (Phi) is 6.14. The van der Waals surface area contributed by atoms with Crippen LogP contribution >= 0.6 is 11.6 Å². The van der Waals surface area contributed by atoms with Crippen LogP contribution in [0.15, 0.2) is 0 Å². The van der Waals surface area contributed by atoms with E-state index in [1.807, 2.05) is 11.8 Å². The summed E-state index contributed by atoms with van der Waals surface area (Å²) in [6.45, 7) is 3.52. The molecule has 1 N–H and O–H groups in total. The number of hydrogen-bond acceptors (Lipinski definition) is 3. The Morgan fingerprint density at radius 3 is 2.34 bits per heavy atom. The number of carbonyl (C=O) groups excluding carboxylic acids is 2. The molecule has 4 rings (SSSR count). The predicted molar refractivity (Wildman–Crippen MR) is 109 cm³/mol. The molecule has 164 valence electrons. The van der Waals surface area contributed by atoms with Crippen molar-refractivity contribution in [2.75, 3.05) is 19.6 Å². The molecule has 4 unspecified atom stereocenters. The van der Waals surface area contributed by atoms with E-state index in [0.29, 0.717) is 44.8 Å². The zero-order valence-electron chi connectivity index (χ0n) is 17.4. The SMILES string of the molecule is CC1CN(C(=O)C2CCC(C3CCC(Cl)CC3F)CC2)CCN1C(=O)C1(O)CC1. The smallest absolute Gasteiger partial charge is 0.254 e. The molecular weight excluding hydrogens is 395 g/mol. The van der Waals surface area contributed by atoms with Gasteiger partial charge in [-0.2, -0.15) is 0 Å². The highest BCUT2D eigenvalue weighted by Crippen LogP contribution is 2.43. The first kappa shape index (κ1) is 21.4. The first-order chi connectivity index (χ1) is 13.8. The Hall–Kier alpha value is -0.880. The maximum absolute atomic E-state index is 14.5. The lowest BCUT2D eigenvalue weighted by Crippen LogP contribution is -2.58. The van der Waals surface area contributed by atoms with Gasteiger partial charge in [0.05, 0.1) is 0 Å². The highest BCUT2D eigenvalue weighted by molar-refractivity contribution is 6.20.